The minimum absolute atomic E-state index is 0.160. The second-order valence-electron chi connectivity index (χ2n) is 5.89. The predicted molar refractivity (Wildman–Crippen MR) is 94.1 cm³/mol. The summed E-state index contributed by atoms with van der Waals surface area (Å²) in [5, 5.41) is 20.7. The number of aliphatic hydroxyl groups is 1. The van der Waals surface area contributed by atoms with Crippen molar-refractivity contribution in [1.82, 2.24) is 0 Å². The number of aliphatic hydroxyl groups excluding tert-OH is 1. The monoisotopic (exact) mass is 324 g/mol. The molecule has 0 aliphatic heterocycles. The number of benzene rings is 2. The summed E-state index contributed by atoms with van der Waals surface area (Å²) in [5.74, 6) is -0.249. The molecule has 1 aromatic heterocycles. The lowest BCUT2D eigenvalue weighted by Crippen LogP contribution is -2.05. The van der Waals surface area contributed by atoms with Crippen molar-refractivity contribution >= 4 is 11.0 Å². The molecule has 0 spiro atoms. The van der Waals surface area contributed by atoms with Gasteiger partial charge in [0, 0.05) is 5.56 Å². The van der Waals surface area contributed by atoms with Crippen LogP contribution < -0.4 is 5.43 Å². The summed E-state index contributed by atoms with van der Waals surface area (Å²) < 4.78 is 5.74. The number of hydrogen-bond acceptors (Lipinski definition) is 4. The van der Waals surface area contributed by atoms with Crippen molar-refractivity contribution in [2.24, 2.45) is 0 Å². The average Bonchev–Trinajstić information content (AvgIpc) is 2.63. The van der Waals surface area contributed by atoms with Crippen molar-refractivity contribution in [2.75, 3.05) is 0 Å². The largest absolute Gasteiger partial charge is 0.502 e. The Morgan fingerprint density at radius 2 is 1.88 bits per heavy atom. The molecule has 124 valence electrons. The van der Waals surface area contributed by atoms with Gasteiger partial charge in [-0.3, -0.25) is 4.79 Å². The normalized spacial score (nSPS) is 12.4. The van der Waals surface area contributed by atoms with Gasteiger partial charge in [0.2, 0.25) is 11.2 Å². The fourth-order valence-corrected chi connectivity index (χ4v) is 2.76. The SMILES string of the molecule is CCCCC(O)c1ccc2oc(-c3ccccc3)c(O)c(=O)c2c1. The summed E-state index contributed by atoms with van der Waals surface area (Å²) in [6, 6.07) is 14.1. The topological polar surface area (TPSA) is 70.7 Å². The fourth-order valence-electron chi connectivity index (χ4n) is 2.76. The summed E-state index contributed by atoms with van der Waals surface area (Å²) in [5.41, 5.74) is 1.21. The van der Waals surface area contributed by atoms with Crippen molar-refractivity contribution in [1.29, 1.82) is 0 Å². The maximum absolute atomic E-state index is 12.5. The Kier molecular flexibility index (Phi) is 4.67. The van der Waals surface area contributed by atoms with Gasteiger partial charge in [-0.2, -0.15) is 0 Å². The maximum atomic E-state index is 12.5. The Morgan fingerprint density at radius 3 is 2.58 bits per heavy atom. The lowest BCUT2D eigenvalue weighted by Gasteiger charge is -2.12. The van der Waals surface area contributed by atoms with E-state index in [0.717, 1.165) is 12.8 Å². The van der Waals surface area contributed by atoms with Crippen molar-refractivity contribution in [2.45, 2.75) is 32.3 Å². The Balaban J connectivity index is 2.10. The lowest BCUT2D eigenvalue weighted by molar-refractivity contribution is 0.164. The van der Waals surface area contributed by atoms with Crippen LogP contribution in [0.5, 0.6) is 5.75 Å². The third-order valence-corrected chi connectivity index (χ3v) is 4.14. The number of aromatic hydroxyl groups is 1. The molecule has 0 radical (unpaired) electrons. The van der Waals surface area contributed by atoms with E-state index in [2.05, 4.69) is 6.92 Å². The zero-order valence-corrected chi connectivity index (χ0v) is 13.5. The molecule has 0 saturated heterocycles. The highest BCUT2D eigenvalue weighted by Crippen LogP contribution is 2.31. The molecule has 0 fully saturated rings. The molecule has 1 atom stereocenters. The lowest BCUT2D eigenvalue weighted by atomic mass is 10.0. The van der Waals surface area contributed by atoms with Crippen molar-refractivity contribution in [3.8, 4) is 17.1 Å². The molecule has 1 heterocycles. The van der Waals surface area contributed by atoms with Gasteiger partial charge in [-0.15, -0.1) is 0 Å². The molecule has 2 aromatic carbocycles. The summed E-state index contributed by atoms with van der Waals surface area (Å²) in [4.78, 5) is 12.5. The van der Waals surface area contributed by atoms with Gasteiger partial charge in [-0.05, 0) is 24.1 Å². The Labute approximate surface area is 140 Å². The van der Waals surface area contributed by atoms with E-state index in [1.807, 2.05) is 18.2 Å². The van der Waals surface area contributed by atoms with Gasteiger partial charge >= 0.3 is 0 Å². The van der Waals surface area contributed by atoms with E-state index >= 15 is 0 Å². The molecule has 0 aliphatic rings. The standard InChI is InChI=1S/C20H20O4/c1-2-3-9-16(21)14-10-11-17-15(12-14)18(22)19(23)20(24-17)13-7-5-4-6-8-13/h4-8,10-12,16,21,23H,2-3,9H2,1H3. The summed E-state index contributed by atoms with van der Waals surface area (Å²) >= 11 is 0. The van der Waals surface area contributed by atoms with Crippen LogP contribution in [0.2, 0.25) is 0 Å². The second-order valence-corrected chi connectivity index (χ2v) is 5.89. The molecule has 24 heavy (non-hydrogen) atoms. The van der Waals surface area contributed by atoms with Crippen LogP contribution in [-0.4, -0.2) is 10.2 Å². The summed E-state index contributed by atoms with van der Waals surface area (Å²) in [6.45, 7) is 2.06. The van der Waals surface area contributed by atoms with Gasteiger partial charge in [-0.1, -0.05) is 56.2 Å². The molecule has 1 unspecified atom stereocenters. The van der Waals surface area contributed by atoms with Crippen LogP contribution in [0.15, 0.2) is 57.7 Å². The first kappa shape index (κ1) is 16.3. The molecule has 3 rings (SSSR count). The zero-order chi connectivity index (χ0) is 17.1. The van der Waals surface area contributed by atoms with Crippen LogP contribution in [0.4, 0.5) is 0 Å². The molecular weight excluding hydrogens is 304 g/mol. The number of rotatable bonds is 5. The molecular formula is C20H20O4. The van der Waals surface area contributed by atoms with Crippen LogP contribution in [-0.2, 0) is 0 Å². The van der Waals surface area contributed by atoms with Crippen LogP contribution >= 0.6 is 0 Å². The highest BCUT2D eigenvalue weighted by molar-refractivity contribution is 5.82. The first-order valence-electron chi connectivity index (χ1n) is 8.15. The van der Waals surface area contributed by atoms with E-state index < -0.39 is 17.3 Å². The van der Waals surface area contributed by atoms with Gasteiger partial charge < -0.3 is 14.6 Å². The Hall–Kier alpha value is -2.59. The van der Waals surface area contributed by atoms with E-state index in [1.54, 1.807) is 30.3 Å². The predicted octanol–water partition coefficient (Wildman–Crippen LogP) is 4.39. The third kappa shape index (κ3) is 3.05. The molecule has 2 N–H and O–H groups in total. The van der Waals surface area contributed by atoms with Gasteiger partial charge in [0.15, 0.2) is 5.76 Å². The van der Waals surface area contributed by atoms with Crippen LogP contribution in [0.1, 0.15) is 37.9 Å². The van der Waals surface area contributed by atoms with Crippen LogP contribution in [0, 0.1) is 0 Å². The Bertz CT molecular complexity index is 897. The van der Waals surface area contributed by atoms with E-state index in [9.17, 15) is 15.0 Å². The van der Waals surface area contributed by atoms with Gasteiger partial charge in [0.25, 0.3) is 0 Å². The maximum Gasteiger partial charge on any atom is 0.235 e. The fraction of sp³-hybridized carbons (Fsp3) is 0.250. The third-order valence-electron chi connectivity index (χ3n) is 4.14. The summed E-state index contributed by atoms with van der Waals surface area (Å²) in [6.07, 6.45) is 1.92. The molecule has 0 saturated carbocycles. The van der Waals surface area contributed by atoms with Gasteiger partial charge in [-0.25, -0.2) is 0 Å². The molecule has 0 amide bonds. The minimum atomic E-state index is -0.621. The van der Waals surface area contributed by atoms with Crippen molar-refractivity contribution in [3.05, 3.63) is 64.3 Å². The highest BCUT2D eigenvalue weighted by Gasteiger charge is 2.16. The second kappa shape index (κ2) is 6.89. The minimum Gasteiger partial charge on any atom is -0.502 e. The number of fused-ring (bicyclic) bond motifs is 1. The van der Waals surface area contributed by atoms with Crippen LogP contribution in [0.3, 0.4) is 0 Å². The number of unbranched alkanes of at least 4 members (excludes halogenated alkanes) is 1. The van der Waals surface area contributed by atoms with Gasteiger partial charge in [0.05, 0.1) is 11.5 Å². The van der Waals surface area contributed by atoms with Crippen LogP contribution in [0.25, 0.3) is 22.3 Å². The Morgan fingerprint density at radius 1 is 1.12 bits per heavy atom. The van der Waals surface area contributed by atoms with E-state index in [-0.39, 0.29) is 11.1 Å². The van der Waals surface area contributed by atoms with E-state index in [4.69, 9.17) is 4.42 Å². The molecule has 0 aliphatic carbocycles. The van der Waals surface area contributed by atoms with E-state index in [0.29, 0.717) is 23.1 Å². The number of hydrogen-bond donors (Lipinski definition) is 2. The molecule has 3 aromatic rings. The summed E-state index contributed by atoms with van der Waals surface area (Å²) in [7, 11) is 0. The average molecular weight is 324 g/mol. The smallest absolute Gasteiger partial charge is 0.235 e. The molecule has 4 nitrogen and oxygen atoms in total. The van der Waals surface area contributed by atoms with Crippen molar-refractivity contribution in [3.63, 3.8) is 0 Å². The molecule has 4 heteroatoms. The zero-order valence-electron chi connectivity index (χ0n) is 13.5. The quantitative estimate of drug-likeness (QED) is 0.730. The highest BCUT2D eigenvalue weighted by atomic mass is 16.4. The van der Waals surface area contributed by atoms with Crippen molar-refractivity contribution < 1.29 is 14.6 Å². The first-order chi connectivity index (χ1) is 11.6. The van der Waals surface area contributed by atoms with E-state index in [1.165, 1.54) is 0 Å². The van der Waals surface area contributed by atoms with Gasteiger partial charge in [0.1, 0.15) is 5.58 Å². The first-order valence-corrected chi connectivity index (χ1v) is 8.15. The molecule has 0 bridgehead atoms.